The predicted molar refractivity (Wildman–Crippen MR) is 103 cm³/mol. The molecule has 2 aromatic rings. The fraction of sp³-hybridized carbons (Fsp3) is 0.364. The minimum absolute atomic E-state index is 0.0147. The highest BCUT2D eigenvalue weighted by Gasteiger charge is 2.27. The number of hydrogen-bond donors (Lipinski definition) is 2. The van der Waals surface area contributed by atoms with E-state index in [2.05, 4.69) is 10.3 Å². The molecule has 1 saturated heterocycles. The van der Waals surface area contributed by atoms with Crippen LogP contribution in [0.1, 0.15) is 60.9 Å². The van der Waals surface area contributed by atoms with E-state index in [1.165, 1.54) is 12.1 Å². The molecule has 2 heterocycles. The Morgan fingerprint density at radius 3 is 2.32 bits per heavy atom. The second kappa shape index (κ2) is 7.00. The number of hydrogen-bond acceptors (Lipinski definition) is 2. The third-order valence-electron chi connectivity index (χ3n) is 5.35. The van der Waals surface area contributed by atoms with Crippen LogP contribution in [0.3, 0.4) is 0 Å². The summed E-state index contributed by atoms with van der Waals surface area (Å²) < 4.78 is 27.1. The Kier molecular flexibility index (Phi) is 4.65. The molecule has 0 unspecified atom stereocenters. The van der Waals surface area contributed by atoms with Gasteiger partial charge in [-0.15, -0.1) is 0 Å². The summed E-state index contributed by atoms with van der Waals surface area (Å²) >= 11 is 0. The molecule has 1 aliphatic carbocycles. The first kappa shape index (κ1) is 18.6. The number of halogens is 2. The van der Waals surface area contributed by atoms with Crippen LogP contribution in [0.5, 0.6) is 0 Å². The maximum absolute atomic E-state index is 13.6. The molecule has 2 aliphatic rings. The fourth-order valence-electron chi connectivity index (χ4n) is 3.61. The number of carbonyl (C=O) groups is 1. The number of aromatic nitrogens is 1. The van der Waals surface area contributed by atoms with E-state index in [0.717, 1.165) is 30.9 Å². The lowest BCUT2D eigenvalue weighted by molar-refractivity contribution is -0.119. The zero-order valence-electron chi connectivity index (χ0n) is 15.6. The van der Waals surface area contributed by atoms with Gasteiger partial charge in [-0.05, 0) is 36.8 Å². The van der Waals surface area contributed by atoms with Crippen molar-refractivity contribution >= 4 is 11.5 Å². The average molecular weight is 384 g/mol. The summed E-state index contributed by atoms with van der Waals surface area (Å²) in [6.07, 6.45) is 5.08. The number of aromatic amines is 1. The van der Waals surface area contributed by atoms with Gasteiger partial charge in [0.15, 0.2) is 0 Å². The lowest BCUT2D eigenvalue weighted by Crippen LogP contribution is -2.23. The highest BCUT2D eigenvalue weighted by molar-refractivity contribution is 5.82. The molecule has 146 valence electrons. The summed E-state index contributed by atoms with van der Waals surface area (Å²) in [4.78, 5) is 27.0. The van der Waals surface area contributed by atoms with Gasteiger partial charge >= 0.3 is 0 Å². The van der Waals surface area contributed by atoms with Gasteiger partial charge in [-0.1, -0.05) is 36.4 Å². The van der Waals surface area contributed by atoms with Crippen molar-refractivity contribution in [2.75, 3.05) is 0 Å². The lowest BCUT2D eigenvalue weighted by Gasteiger charge is -2.15. The standard InChI is InChI=1S/C22H22F2N2O2/c1-22(23,24)15-6-4-14(5-7-15)18(12-16-8-11-20(27)25-16)19-10-9-17(13-2-3-13)21(28)26-19/h4-7,9-10,12-13,16H,2-3,8,11H2,1H3,(H,25,27)(H,26,28)/b18-12+/t16-/m1/s1. The summed E-state index contributed by atoms with van der Waals surface area (Å²) in [5, 5.41) is 2.89. The van der Waals surface area contributed by atoms with E-state index in [0.29, 0.717) is 30.0 Å². The van der Waals surface area contributed by atoms with Crippen molar-refractivity contribution in [3.63, 3.8) is 0 Å². The van der Waals surface area contributed by atoms with Gasteiger partial charge in [-0.3, -0.25) is 9.59 Å². The number of benzene rings is 1. The Morgan fingerprint density at radius 2 is 1.79 bits per heavy atom. The van der Waals surface area contributed by atoms with Crippen molar-refractivity contribution < 1.29 is 13.6 Å². The molecule has 2 N–H and O–H groups in total. The van der Waals surface area contributed by atoms with Crippen LogP contribution in [0, 0.1) is 0 Å². The molecule has 0 spiro atoms. The van der Waals surface area contributed by atoms with Crippen LogP contribution in [-0.2, 0) is 10.7 Å². The zero-order chi connectivity index (χ0) is 19.9. The SMILES string of the molecule is CC(F)(F)c1ccc(/C(=C\[C@H]2CCC(=O)N2)c2ccc(C3CC3)c(=O)[nH]2)cc1. The van der Waals surface area contributed by atoms with E-state index in [1.54, 1.807) is 12.1 Å². The van der Waals surface area contributed by atoms with Gasteiger partial charge in [0.2, 0.25) is 5.91 Å². The number of nitrogens with one attached hydrogen (secondary N) is 2. The maximum atomic E-state index is 13.6. The Hall–Kier alpha value is -2.76. The summed E-state index contributed by atoms with van der Waals surface area (Å²) in [6.45, 7) is 0.862. The van der Waals surface area contributed by atoms with Crippen LogP contribution in [0.2, 0.25) is 0 Å². The van der Waals surface area contributed by atoms with Gasteiger partial charge in [-0.2, -0.15) is 0 Å². The Labute approximate surface area is 161 Å². The van der Waals surface area contributed by atoms with Crippen molar-refractivity contribution in [1.29, 1.82) is 0 Å². The van der Waals surface area contributed by atoms with Crippen LogP contribution in [-0.4, -0.2) is 16.9 Å². The van der Waals surface area contributed by atoms with Gasteiger partial charge in [0.1, 0.15) is 0 Å². The van der Waals surface area contributed by atoms with Crippen LogP contribution in [0.25, 0.3) is 5.57 Å². The van der Waals surface area contributed by atoms with Crippen molar-refractivity contribution in [3.8, 4) is 0 Å². The molecule has 1 amide bonds. The van der Waals surface area contributed by atoms with E-state index in [4.69, 9.17) is 0 Å². The molecule has 1 aromatic heterocycles. The Bertz CT molecular complexity index is 983. The largest absolute Gasteiger partial charge is 0.350 e. The minimum atomic E-state index is -2.91. The highest BCUT2D eigenvalue weighted by Crippen LogP contribution is 2.38. The number of pyridine rings is 1. The zero-order valence-corrected chi connectivity index (χ0v) is 15.6. The average Bonchev–Trinajstić information content (AvgIpc) is 3.40. The molecule has 28 heavy (non-hydrogen) atoms. The number of carbonyl (C=O) groups excluding carboxylic acids is 1. The monoisotopic (exact) mass is 384 g/mol. The second-order valence-electron chi connectivity index (χ2n) is 7.69. The normalized spacial score (nSPS) is 20.3. The smallest absolute Gasteiger partial charge is 0.270 e. The molecule has 0 radical (unpaired) electrons. The Morgan fingerprint density at radius 1 is 1.07 bits per heavy atom. The van der Waals surface area contributed by atoms with E-state index < -0.39 is 5.92 Å². The topological polar surface area (TPSA) is 62.0 Å². The van der Waals surface area contributed by atoms with E-state index in [1.807, 2.05) is 18.2 Å². The molecule has 4 nitrogen and oxygen atoms in total. The van der Waals surface area contributed by atoms with E-state index in [9.17, 15) is 18.4 Å². The van der Waals surface area contributed by atoms with Crippen molar-refractivity contribution in [2.24, 2.45) is 0 Å². The summed E-state index contributed by atoms with van der Waals surface area (Å²) in [7, 11) is 0. The predicted octanol–water partition coefficient (Wildman–Crippen LogP) is 4.07. The molecule has 2 fully saturated rings. The van der Waals surface area contributed by atoms with E-state index >= 15 is 0 Å². The fourth-order valence-corrected chi connectivity index (χ4v) is 3.61. The Balaban J connectivity index is 1.74. The maximum Gasteiger partial charge on any atom is 0.270 e. The number of amides is 1. The molecule has 4 rings (SSSR count). The van der Waals surface area contributed by atoms with Crippen molar-refractivity contribution in [2.45, 2.75) is 50.5 Å². The first-order valence-corrected chi connectivity index (χ1v) is 9.55. The summed E-state index contributed by atoms with van der Waals surface area (Å²) in [5.74, 6) is -2.59. The molecular weight excluding hydrogens is 362 g/mol. The van der Waals surface area contributed by atoms with E-state index in [-0.39, 0.29) is 23.1 Å². The van der Waals surface area contributed by atoms with Crippen molar-refractivity contribution in [3.05, 3.63) is 75.2 Å². The second-order valence-corrected chi connectivity index (χ2v) is 7.69. The first-order valence-electron chi connectivity index (χ1n) is 9.55. The molecule has 1 aromatic carbocycles. The lowest BCUT2D eigenvalue weighted by atomic mass is 9.96. The number of H-pyrrole nitrogens is 1. The molecular formula is C22H22F2N2O2. The first-order chi connectivity index (χ1) is 13.3. The highest BCUT2D eigenvalue weighted by atomic mass is 19.3. The third-order valence-corrected chi connectivity index (χ3v) is 5.35. The minimum Gasteiger partial charge on any atom is -0.350 e. The van der Waals surface area contributed by atoms with Crippen molar-refractivity contribution in [1.82, 2.24) is 10.3 Å². The van der Waals surface area contributed by atoms with Crippen LogP contribution < -0.4 is 10.9 Å². The van der Waals surface area contributed by atoms with Gasteiger partial charge < -0.3 is 10.3 Å². The summed E-state index contributed by atoms with van der Waals surface area (Å²) in [6, 6.07) is 9.61. The number of alkyl halides is 2. The quantitative estimate of drug-likeness (QED) is 0.816. The number of rotatable bonds is 5. The third kappa shape index (κ3) is 3.91. The van der Waals surface area contributed by atoms with Gasteiger partial charge in [0, 0.05) is 41.8 Å². The van der Waals surface area contributed by atoms with Gasteiger partial charge in [-0.25, -0.2) is 8.78 Å². The van der Waals surface area contributed by atoms with Gasteiger partial charge in [0.05, 0.1) is 0 Å². The molecule has 0 bridgehead atoms. The molecule has 1 atom stereocenters. The van der Waals surface area contributed by atoms with Crippen LogP contribution in [0.4, 0.5) is 8.78 Å². The summed E-state index contributed by atoms with van der Waals surface area (Å²) in [5.41, 5.74) is 2.66. The molecule has 1 saturated carbocycles. The van der Waals surface area contributed by atoms with Gasteiger partial charge in [0.25, 0.3) is 11.5 Å². The molecule has 1 aliphatic heterocycles. The van der Waals surface area contributed by atoms with Crippen LogP contribution in [0.15, 0.2) is 47.3 Å². The molecule has 6 heteroatoms. The van der Waals surface area contributed by atoms with Crippen LogP contribution >= 0.6 is 0 Å².